The predicted molar refractivity (Wildman–Crippen MR) is 102 cm³/mol. The van der Waals surface area contributed by atoms with Crippen molar-refractivity contribution in [3.05, 3.63) is 58.4 Å². The van der Waals surface area contributed by atoms with E-state index in [4.69, 9.17) is 0 Å². The number of carbonyl (C=O) groups is 1. The van der Waals surface area contributed by atoms with Crippen LogP contribution in [0.3, 0.4) is 0 Å². The number of tetrazole rings is 1. The molecule has 7 nitrogen and oxygen atoms in total. The summed E-state index contributed by atoms with van der Waals surface area (Å²) in [5.41, 5.74) is 1.32. The first-order valence-corrected chi connectivity index (χ1v) is 9.69. The van der Waals surface area contributed by atoms with Crippen LogP contribution in [-0.4, -0.2) is 31.1 Å². The fourth-order valence-corrected chi connectivity index (χ4v) is 4.11. The van der Waals surface area contributed by atoms with E-state index in [1.54, 1.807) is 18.3 Å². The molecular formula is C17H13FN6OS2. The quantitative estimate of drug-likeness (QED) is 0.554. The minimum Gasteiger partial charge on any atom is -0.326 e. The number of benzene rings is 1. The van der Waals surface area contributed by atoms with Gasteiger partial charge in [0.2, 0.25) is 5.91 Å². The van der Waals surface area contributed by atoms with Crippen LogP contribution >= 0.6 is 22.7 Å². The molecule has 4 rings (SSSR count). The average Bonchev–Trinajstić information content (AvgIpc) is 3.38. The molecule has 0 spiro atoms. The van der Waals surface area contributed by atoms with Crippen molar-refractivity contribution < 1.29 is 9.18 Å². The number of aryl methyl sites for hydroxylation is 1. The minimum absolute atomic E-state index is 0.137. The van der Waals surface area contributed by atoms with Crippen molar-refractivity contribution in [3.8, 4) is 15.6 Å². The van der Waals surface area contributed by atoms with Crippen LogP contribution in [0.15, 0.2) is 41.1 Å². The summed E-state index contributed by atoms with van der Waals surface area (Å²) in [6.45, 7) is 1.66. The van der Waals surface area contributed by atoms with Crippen LogP contribution in [0.4, 0.5) is 10.1 Å². The smallest absolute Gasteiger partial charge is 0.230 e. The van der Waals surface area contributed by atoms with E-state index in [1.807, 2.05) is 22.9 Å². The van der Waals surface area contributed by atoms with Gasteiger partial charge >= 0.3 is 0 Å². The van der Waals surface area contributed by atoms with E-state index in [1.165, 1.54) is 34.2 Å². The number of anilines is 1. The zero-order chi connectivity index (χ0) is 18.8. The molecule has 0 radical (unpaired) electrons. The molecule has 0 atom stereocenters. The SMILES string of the molecule is Cc1nnnn1-c1cc(NC(=O)Cc2csc(-c3cccs3)n2)ccc1F. The lowest BCUT2D eigenvalue weighted by atomic mass is 10.2. The van der Waals surface area contributed by atoms with Gasteiger partial charge in [-0.3, -0.25) is 4.79 Å². The van der Waals surface area contributed by atoms with Gasteiger partial charge in [-0.05, 0) is 47.0 Å². The first-order valence-electron chi connectivity index (χ1n) is 7.93. The molecule has 1 aromatic carbocycles. The Hall–Kier alpha value is -2.98. The molecule has 1 amide bonds. The Morgan fingerprint density at radius 2 is 2.19 bits per heavy atom. The Morgan fingerprint density at radius 1 is 1.30 bits per heavy atom. The average molecular weight is 400 g/mol. The normalized spacial score (nSPS) is 10.9. The van der Waals surface area contributed by atoms with Crippen molar-refractivity contribution in [2.24, 2.45) is 0 Å². The predicted octanol–water partition coefficient (Wildman–Crippen LogP) is 3.48. The number of aromatic nitrogens is 5. The maximum atomic E-state index is 14.1. The maximum absolute atomic E-state index is 14.1. The largest absolute Gasteiger partial charge is 0.326 e. The molecule has 0 aliphatic carbocycles. The van der Waals surface area contributed by atoms with Crippen LogP contribution in [0, 0.1) is 12.7 Å². The van der Waals surface area contributed by atoms with E-state index in [9.17, 15) is 9.18 Å². The molecule has 0 aliphatic heterocycles. The Morgan fingerprint density at radius 3 is 2.93 bits per heavy atom. The lowest BCUT2D eigenvalue weighted by molar-refractivity contribution is -0.115. The van der Waals surface area contributed by atoms with Gasteiger partial charge in [0.25, 0.3) is 0 Å². The van der Waals surface area contributed by atoms with Gasteiger partial charge in [0.1, 0.15) is 16.5 Å². The number of hydrogen-bond donors (Lipinski definition) is 1. The van der Waals surface area contributed by atoms with Gasteiger partial charge in [-0.1, -0.05) is 6.07 Å². The van der Waals surface area contributed by atoms with E-state index < -0.39 is 5.82 Å². The third-order valence-corrected chi connectivity index (χ3v) is 5.64. The second kappa shape index (κ2) is 7.33. The second-order valence-electron chi connectivity index (χ2n) is 5.65. The van der Waals surface area contributed by atoms with Crippen LogP contribution in [0.2, 0.25) is 0 Å². The van der Waals surface area contributed by atoms with Crippen molar-refractivity contribution in [2.45, 2.75) is 13.3 Å². The van der Waals surface area contributed by atoms with Crippen molar-refractivity contribution in [1.29, 1.82) is 0 Å². The number of thiophene rings is 1. The van der Waals surface area contributed by atoms with Gasteiger partial charge < -0.3 is 5.32 Å². The van der Waals surface area contributed by atoms with Crippen molar-refractivity contribution in [2.75, 3.05) is 5.32 Å². The third kappa shape index (κ3) is 3.76. The number of hydrogen-bond acceptors (Lipinski definition) is 7. The third-order valence-electron chi connectivity index (χ3n) is 3.71. The lowest BCUT2D eigenvalue weighted by Gasteiger charge is -2.08. The van der Waals surface area contributed by atoms with Crippen LogP contribution in [-0.2, 0) is 11.2 Å². The Bertz CT molecular complexity index is 1090. The summed E-state index contributed by atoms with van der Waals surface area (Å²) < 4.78 is 15.4. The van der Waals surface area contributed by atoms with Gasteiger partial charge in [-0.15, -0.1) is 27.8 Å². The first kappa shape index (κ1) is 17.4. The molecule has 4 aromatic rings. The zero-order valence-corrected chi connectivity index (χ0v) is 15.7. The first-order chi connectivity index (χ1) is 13.1. The summed E-state index contributed by atoms with van der Waals surface area (Å²) >= 11 is 3.11. The minimum atomic E-state index is -0.483. The highest BCUT2D eigenvalue weighted by atomic mass is 32.1. The van der Waals surface area contributed by atoms with Gasteiger partial charge in [0, 0.05) is 11.1 Å². The number of thiazole rings is 1. The molecule has 1 N–H and O–H groups in total. The summed E-state index contributed by atoms with van der Waals surface area (Å²) in [5.74, 6) is -0.270. The fourth-order valence-electron chi connectivity index (χ4n) is 2.48. The van der Waals surface area contributed by atoms with Crippen LogP contribution in [0.5, 0.6) is 0 Å². The molecule has 0 aliphatic rings. The van der Waals surface area contributed by atoms with E-state index in [0.717, 1.165) is 9.88 Å². The molecule has 3 aromatic heterocycles. The Kier molecular flexibility index (Phi) is 4.73. The molecule has 3 heterocycles. The van der Waals surface area contributed by atoms with Crippen molar-refractivity contribution in [3.63, 3.8) is 0 Å². The fraction of sp³-hybridized carbons (Fsp3) is 0.118. The van der Waals surface area contributed by atoms with Gasteiger partial charge in [0.15, 0.2) is 5.82 Å². The van der Waals surface area contributed by atoms with Crippen molar-refractivity contribution >= 4 is 34.3 Å². The summed E-state index contributed by atoms with van der Waals surface area (Å²) in [7, 11) is 0. The number of amides is 1. The van der Waals surface area contributed by atoms with Crippen molar-refractivity contribution in [1.82, 2.24) is 25.2 Å². The van der Waals surface area contributed by atoms with Crippen LogP contribution < -0.4 is 5.32 Å². The molecular weight excluding hydrogens is 387 g/mol. The summed E-state index contributed by atoms with van der Waals surface area (Å²) in [6.07, 6.45) is 0.137. The number of nitrogens with one attached hydrogen (secondary N) is 1. The molecule has 27 heavy (non-hydrogen) atoms. The Balaban J connectivity index is 1.48. The molecule has 10 heteroatoms. The van der Waals surface area contributed by atoms with Crippen LogP contribution in [0.1, 0.15) is 11.5 Å². The van der Waals surface area contributed by atoms with E-state index in [0.29, 0.717) is 17.2 Å². The van der Waals surface area contributed by atoms with E-state index >= 15 is 0 Å². The van der Waals surface area contributed by atoms with Gasteiger partial charge in [0.05, 0.1) is 17.0 Å². The highest BCUT2D eigenvalue weighted by Crippen LogP contribution is 2.28. The van der Waals surface area contributed by atoms with E-state index in [2.05, 4.69) is 25.8 Å². The number of halogens is 1. The summed E-state index contributed by atoms with van der Waals surface area (Å²) in [6, 6.07) is 8.22. The molecule has 0 fully saturated rings. The highest BCUT2D eigenvalue weighted by molar-refractivity contribution is 7.20. The molecule has 136 valence electrons. The maximum Gasteiger partial charge on any atom is 0.230 e. The highest BCUT2D eigenvalue weighted by Gasteiger charge is 2.13. The number of carbonyl (C=O) groups excluding carboxylic acids is 1. The number of rotatable bonds is 5. The summed E-state index contributed by atoms with van der Waals surface area (Å²) in [4.78, 5) is 17.9. The molecule has 0 saturated carbocycles. The topological polar surface area (TPSA) is 85.6 Å². The molecule has 0 unspecified atom stereocenters. The van der Waals surface area contributed by atoms with Gasteiger partial charge in [-0.25, -0.2) is 9.37 Å². The van der Waals surface area contributed by atoms with Crippen LogP contribution in [0.25, 0.3) is 15.6 Å². The monoisotopic (exact) mass is 400 g/mol. The van der Waals surface area contributed by atoms with Gasteiger partial charge in [-0.2, -0.15) is 4.68 Å². The zero-order valence-electron chi connectivity index (χ0n) is 14.1. The molecule has 0 saturated heterocycles. The number of nitrogens with zero attached hydrogens (tertiary/aromatic N) is 5. The standard InChI is InChI=1S/C17H13FN6OS2/c1-10-21-22-23-24(10)14-7-11(4-5-13(14)18)19-16(25)8-12-9-27-17(20-12)15-3-2-6-26-15/h2-7,9H,8H2,1H3,(H,19,25). The summed E-state index contributed by atoms with van der Waals surface area (Å²) in [5, 5.41) is 18.5. The Labute approximate surface area is 161 Å². The van der Waals surface area contributed by atoms with E-state index in [-0.39, 0.29) is 18.0 Å². The molecule has 0 bridgehead atoms. The second-order valence-corrected chi connectivity index (χ2v) is 7.46. The lowest BCUT2D eigenvalue weighted by Crippen LogP contribution is -2.15.